The molecule has 1 heterocycles. The summed E-state index contributed by atoms with van der Waals surface area (Å²) < 4.78 is 13.1. The standard InChI is InChI=1S/C17H17FOS/c1-11-8-14(18)7-6-12(11)9-15(19)17-10-13-4-2-3-5-16(13)20-17/h2-8,15,17,19H,9-10H2,1H3. The molecule has 2 aromatic rings. The van der Waals surface area contributed by atoms with Crippen LogP contribution in [0, 0.1) is 12.7 Å². The van der Waals surface area contributed by atoms with Gasteiger partial charge in [0.05, 0.1) is 6.10 Å². The van der Waals surface area contributed by atoms with E-state index in [4.69, 9.17) is 0 Å². The van der Waals surface area contributed by atoms with E-state index in [2.05, 4.69) is 12.1 Å². The van der Waals surface area contributed by atoms with Crippen LogP contribution in [-0.2, 0) is 12.8 Å². The number of fused-ring (bicyclic) bond motifs is 1. The summed E-state index contributed by atoms with van der Waals surface area (Å²) >= 11 is 1.75. The van der Waals surface area contributed by atoms with E-state index >= 15 is 0 Å². The van der Waals surface area contributed by atoms with Gasteiger partial charge >= 0.3 is 0 Å². The second-order valence-electron chi connectivity index (χ2n) is 5.31. The van der Waals surface area contributed by atoms with Crippen LogP contribution in [0.15, 0.2) is 47.4 Å². The van der Waals surface area contributed by atoms with Gasteiger partial charge in [-0.2, -0.15) is 0 Å². The van der Waals surface area contributed by atoms with Crippen LogP contribution in [0.1, 0.15) is 16.7 Å². The SMILES string of the molecule is Cc1cc(F)ccc1CC(O)C1Cc2ccccc2S1. The molecule has 0 radical (unpaired) electrons. The molecule has 3 heteroatoms. The molecule has 2 aromatic carbocycles. The normalized spacial score (nSPS) is 18.9. The molecule has 0 saturated heterocycles. The molecule has 1 nitrogen and oxygen atoms in total. The molecule has 0 saturated carbocycles. The van der Waals surface area contributed by atoms with Crippen molar-refractivity contribution in [3.63, 3.8) is 0 Å². The first-order valence-electron chi connectivity index (χ1n) is 6.81. The fraction of sp³-hybridized carbons (Fsp3) is 0.294. The minimum atomic E-state index is -0.406. The second-order valence-corrected chi connectivity index (χ2v) is 6.59. The van der Waals surface area contributed by atoms with Crippen LogP contribution in [0.3, 0.4) is 0 Å². The van der Waals surface area contributed by atoms with E-state index in [1.807, 2.05) is 19.1 Å². The van der Waals surface area contributed by atoms with Crippen molar-refractivity contribution in [1.29, 1.82) is 0 Å². The molecule has 1 aliphatic heterocycles. The molecule has 20 heavy (non-hydrogen) atoms. The summed E-state index contributed by atoms with van der Waals surface area (Å²) in [6, 6.07) is 13.1. The van der Waals surface area contributed by atoms with E-state index in [9.17, 15) is 9.50 Å². The lowest BCUT2D eigenvalue weighted by atomic mass is 9.98. The number of hydrogen-bond acceptors (Lipinski definition) is 2. The van der Waals surface area contributed by atoms with Crippen molar-refractivity contribution in [2.45, 2.75) is 36.0 Å². The van der Waals surface area contributed by atoms with Crippen LogP contribution in [-0.4, -0.2) is 16.5 Å². The molecular formula is C17H17FOS. The van der Waals surface area contributed by atoms with Crippen LogP contribution >= 0.6 is 11.8 Å². The quantitative estimate of drug-likeness (QED) is 0.928. The van der Waals surface area contributed by atoms with Crippen molar-refractivity contribution in [3.8, 4) is 0 Å². The predicted molar refractivity (Wildman–Crippen MR) is 80.6 cm³/mol. The molecule has 0 spiro atoms. The van der Waals surface area contributed by atoms with Crippen LogP contribution < -0.4 is 0 Å². The summed E-state index contributed by atoms with van der Waals surface area (Å²) in [6.45, 7) is 1.89. The first-order valence-corrected chi connectivity index (χ1v) is 7.69. The van der Waals surface area contributed by atoms with Gasteiger partial charge < -0.3 is 5.11 Å². The van der Waals surface area contributed by atoms with Crippen molar-refractivity contribution in [2.24, 2.45) is 0 Å². The summed E-state index contributed by atoms with van der Waals surface area (Å²) in [5.74, 6) is -0.219. The second kappa shape index (κ2) is 5.58. The van der Waals surface area contributed by atoms with Gasteiger partial charge in [0, 0.05) is 10.1 Å². The van der Waals surface area contributed by atoms with Gasteiger partial charge in [-0.15, -0.1) is 11.8 Å². The smallest absolute Gasteiger partial charge is 0.123 e. The zero-order chi connectivity index (χ0) is 14.1. The molecule has 0 amide bonds. The fourth-order valence-electron chi connectivity index (χ4n) is 2.67. The Morgan fingerprint density at radius 3 is 2.85 bits per heavy atom. The van der Waals surface area contributed by atoms with Crippen LogP contribution in [0.5, 0.6) is 0 Å². The Kier molecular flexibility index (Phi) is 3.81. The predicted octanol–water partition coefficient (Wildman–Crippen LogP) is 3.75. The molecule has 1 N–H and O–H groups in total. The average molecular weight is 288 g/mol. The van der Waals surface area contributed by atoms with E-state index in [1.165, 1.54) is 22.6 Å². The highest BCUT2D eigenvalue weighted by Crippen LogP contribution is 2.39. The van der Waals surface area contributed by atoms with Gasteiger partial charge in [0.2, 0.25) is 0 Å². The Labute approximate surface area is 122 Å². The third-order valence-electron chi connectivity index (χ3n) is 3.83. The number of aliphatic hydroxyl groups excluding tert-OH is 1. The summed E-state index contributed by atoms with van der Waals surface area (Å²) in [5.41, 5.74) is 3.25. The first-order chi connectivity index (χ1) is 9.63. The minimum Gasteiger partial charge on any atom is -0.392 e. The largest absolute Gasteiger partial charge is 0.392 e. The maximum Gasteiger partial charge on any atom is 0.123 e. The zero-order valence-electron chi connectivity index (χ0n) is 11.3. The number of aryl methyl sites for hydroxylation is 1. The maximum atomic E-state index is 13.1. The molecule has 0 bridgehead atoms. The van der Waals surface area contributed by atoms with Crippen molar-refractivity contribution >= 4 is 11.8 Å². The highest BCUT2D eigenvalue weighted by Gasteiger charge is 2.28. The summed E-state index contributed by atoms with van der Waals surface area (Å²) in [6.07, 6.45) is 1.08. The van der Waals surface area contributed by atoms with E-state index in [1.54, 1.807) is 17.8 Å². The molecule has 104 valence electrons. The average Bonchev–Trinajstić information content (AvgIpc) is 2.86. The number of rotatable bonds is 3. The molecule has 0 aliphatic carbocycles. The van der Waals surface area contributed by atoms with Crippen molar-refractivity contribution in [1.82, 2.24) is 0 Å². The van der Waals surface area contributed by atoms with E-state index < -0.39 is 6.10 Å². The maximum absolute atomic E-state index is 13.1. The minimum absolute atomic E-state index is 0.192. The summed E-state index contributed by atoms with van der Waals surface area (Å²) in [5, 5.41) is 10.6. The van der Waals surface area contributed by atoms with Crippen molar-refractivity contribution in [3.05, 3.63) is 65.0 Å². The first kappa shape index (κ1) is 13.7. The highest BCUT2D eigenvalue weighted by molar-refractivity contribution is 8.00. The third-order valence-corrected chi connectivity index (χ3v) is 5.27. The van der Waals surface area contributed by atoms with Crippen LogP contribution in [0.2, 0.25) is 0 Å². The van der Waals surface area contributed by atoms with Gasteiger partial charge in [-0.25, -0.2) is 4.39 Å². The van der Waals surface area contributed by atoms with E-state index in [0.717, 1.165) is 17.5 Å². The monoisotopic (exact) mass is 288 g/mol. The van der Waals surface area contributed by atoms with Gasteiger partial charge in [0.15, 0.2) is 0 Å². The van der Waals surface area contributed by atoms with Crippen molar-refractivity contribution in [2.75, 3.05) is 0 Å². The number of benzene rings is 2. The number of thioether (sulfide) groups is 1. The van der Waals surface area contributed by atoms with E-state index in [-0.39, 0.29) is 11.1 Å². The lowest BCUT2D eigenvalue weighted by Crippen LogP contribution is -2.25. The number of aliphatic hydroxyl groups is 1. The lowest BCUT2D eigenvalue weighted by molar-refractivity contribution is 0.172. The summed E-state index contributed by atoms with van der Waals surface area (Å²) in [4.78, 5) is 1.27. The number of hydrogen-bond donors (Lipinski definition) is 1. The summed E-state index contributed by atoms with van der Waals surface area (Å²) in [7, 11) is 0. The van der Waals surface area contributed by atoms with Gasteiger partial charge in [-0.05, 0) is 54.7 Å². The van der Waals surface area contributed by atoms with Crippen molar-refractivity contribution < 1.29 is 9.50 Å². The van der Waals surface area contributed by atoms with E-state index in [0.29, 0.717) is 6.42 Å². The molecular weight excluding hydrogens is 271 g/mol. The fourth-order valence-corrected chi connectivity index (χ4v) is 3.97. The molecule has 3 rings (SSSR count). The zero-order valence-corrected chi connectivity index (χ0v) is 12.2. The highest BCUT2D eigenvalue weighted by atomic mass is 32.2. The van der Waals surface area contributed by atoms with Gasteiger partial charge in [0.1, 0.15) is 5.82 Å². The molecule has 1 aliphatic rings. The van der Waals surface area contributed by atoms with Gasteiger partial charge in [0.25, 0.3) is 0 Å². The van der Waals surface area contributed by atoms with Crippen LogP contribution in [0.25, 0.3) is 0 Å². The Morgan fingerprint density at radius 1 is 1.30 bits per heavy atom. The Bertz CT molecular complexity index is 601. The van der Waals surface area contributed by atoms with Gasteiger partial charge in [-0.3, -0.25) is 0 Å². The Hall–Kier alpha value is -1.32. The van der Waals surface area contributed by atoms with Gasteiger partial charge in [-0.1, -0.05) is 24.3 Å². The molecule has 0 aromatic heterocycles. The lowest BCUT2D eigenvalue weighted by Gasteiger charge is -2.18. The Morgan fingerprint density at radius 2 is 2.10 bits per heavy atom. The topological polar surface area (TPSA) is 20.2 Å². The molecule has 2 atom stereocenters. The molecule has 2 unspecified atom stereocenters. The Balaban J connectivity index is 1.70. The van der Waals surface area contributed by atoms with Crippen LogP contribution in [0.4, 0.5) is 4.39 Å². The molecule has 0 fully saturated rings. The third kappa shape index (κ3) is 2.74. The number of halogens is 1.